The molecule has 0 spiro atoms. The van der Waals surface area contributed by atoms with Crippen LogP contribution in [0.2, 0.25) is 0 Å². The number of anilines is 1. The van der Waals surface area contributed by atoms with Crippen molar-refractivity contribution in [2.45, 2.75) is 18.9 Å². The van der Waals surface area contributed by atoms with E-state index in [-0.39, 0.29) is 6.04 Å². The van der Waals surface area contributed by atoms with Crippen LogP contribution in [0, 0.1) is 0 Å². The number of nitrogens with one attached hydrogen (secondary N) is 1. The van der Waals surface area contributed by atoms with Crippen molar-refractivity contribution in [3.05, 3.63) is 43.3 Å². The monoisotopic (exact) mass is 282 g/mol. The van der Waals surface area contributed by atoms with Crippen molar-refractivity contribution in [3.8, 4) is 5.82 Å². The van der Waals surface area contributed by atoms with Crippen molar-refractivity contribution >= 4 is 5.82 Å². The van der Waals surface area contributed by atoms with E-state index in [2.05, 4.69) is 35.0 Å². The summed E-state index contributed by atoms with van der Waals surface area (Å²) in [6, 6.07) is 2.16. The Morgan fingerprint density at radius 1 is 1.14 bits per heavy atom. The number of aromatic nitrogens is 7. The maximum atomic E-state index is 4.41. The second kappa shape index (κ2) is 4.97. The third-order valence-corrected chi connectivity index (χ3v) is 3.70. The molecule has 1 atom stereocenters. The van der Waals surface area contributed by atoms with Gasteiger partial charge in [-0.05, 0) is 12.8 Å². The van der Waals surface area contributed by atoms with Gasteiger partial charge in [-0.15, -0.1) is 0 Å². The molecule has 0 amide bonds. The topological polar surface area (TPSA) is 88.4 Å². The Labute approximate surface area is 120 Å². The van der Waals surface area contributed by atoms with E-state index in [4.69, 9.17) is 0 Å². The number of rotatable bonds is 3. The summed E-state index contributed by atoms with van der Waals surface area (Å²) in [6.07, 6.45) is 10.6. The lowest BCUT2D eigenvalue weighted by molar-refractivity contribution is 0.663. The lowest BCUT2D eigenvalue weighted by atomic mass is 10.2. The lowest BCUT2D eigenvalue weighted by Crippen LogP contribution is -2.24. The summed E-state index contributed by atoms with van der Waals surface area (Å²) >= 11 is 0. The number of imidazole rings is 1. The van der Waals surface area contributed by atoms with Gasteiger partial charge in [0, 0.05) is 25.0 Å². The number of H-pyrrole nitrogens is 1. The summed E-state index contributed by atoms with van der Waals surface area (Å²) in [5.74, 6) is 2.59. The van der Waals surface area contributed by atoms with E-state index in [0.29, 0.717) is 0 Å². The fourth-order valence-electron chi connectivity index (χ4n) is 2.73. The molecule has 8 nitrogen and oxygen atoms in total. The van der Waals surface area contributed by atoms with Gasteiger partial charge in [0.25, 0.3) is 0 Å². The van der Waals surface area contributed by atoms with E-state index in [1.54, 1.807) is 25.2 Å². The minimum absolute atomic E-state index is 0.193. The van der Waals surface area contributed by atoms with Crippen LogP contribution in [0.4, 0.5) is 5.82 Å². The molecule has 21 heavy (non-hydrogen) atoms. The van der Waals surface area contributed by atoms with Crippen LogP contribution in [0.3, 0.4) is 0 Å². The van der Waals surface area contributed by atoms with Gasteiger partial charge in [0.15, 0.2) is 0 Å². The normalized spacial score (nSPS) is 18.3. The Hall–Kier alpha value is -2.77. The Morgan fingerprint density at radius 2 is 2.10 bits per heavy atom. The molecular weight excluding hydrogens is 268 g/mol. The molecule has 0 bridgehead atoms. The minimum Gasteiger partial charge on any atom is -0.346 e. The lowest BCUT2D eigenvalue weighted by Gasteiger charge is -2.24. The number of nitrogens with zero attached hydrogens (tertiary/aromatic N) is 7. The third-order valence-electron chi connectivity index (χ3n) is 3.70. The number of aromatic amines is 1. The van der Waals surface area contributed by atoms with Crippen LogP contribution in [0.15, 0.2) is 37.4 Å². The number of hydrogen-bond acceptors (Lipinski definition) is 6. The zero-order valence-electron chi connectivity index (χ0n) is 11.3. The Morgan fingerprint density at radius 3 is 2.90 bits per heavy atom. The fourth-order valence-corrected chi connectivity index (χ4v) is 2.73. The molecule has 3 aromatic heterocycles. The summed E-state index contributed by atoms with van der Waals surface area (Å²) in [4.78, 5) is 19.3. The quantitative estimate of drug-likeness (QED) is 0.774. The first-order valence-corrected chi connectivity index (χ1v) is 6.84. The second-order valence-corrected chi connectivity index (χ2v) is 4.93. The van der Waals surface area contributed by atoms with Crippen LogP contribution in [0.25, 0.3) is 5.82 Å². The van der Waals surface area contributed by atoms with Gasteiger partial charge in [-0.25, -0.2) is 19.9 Å². The highest BCUT2D eigenvalue weighted by Crippen LogP contribution is 2.33. The molecule has 106 valence electrons. The van der Waals surface area contributed by atoms with Gasteiger partial charge >= 0.3 is 0 Å². The third kappa shape index (κ3) is 2.14. The van der Waals surface area contributed by atoms with Crippen LogP contribution >= 0.6 is 0 Å². The summed E-state index contributed by atoms with van der Waals surface area (Å²) in [5.41, 5.74) is 0. The molecule has 0 unspecified atom stereocenters. The van der Waals surface area contributed by atoms with Crippen molar-refractivity contribution in [1.82, 2.24) is 34.7 Å². The van der Waals surface area contributed by atoms with Crippen molar-refractivity contribution in [2.24, 2.45) is 0 Å². The molecule has 4 heterocycles. The highest BCUT2D eigenvalue weighted by Gasteiger charge is 2.29. The van der Waals surface area contributed by atoms with Crippen LogP contribution in [-0.4, -0.2) is 41.2 Å². The molecule has 0 radical (unpaired) electrons. The Balaban J connectivity index is 1.68. The average Bonchev–Trinajstić information content (AvgIpc) is 3.26. The van der Waals surface area contributed by atoms with Gasteiger partial charge in [0.1, 0.15) is 36.4 Å². The summed E-state index contributed by atoms with van der Waals surface area (Å²) < 4.78 is 1.87. The predicted molar refractivity (Wildman–Crippen MR) is 74.9 cm³/mol. The first-order chi connectivity index (χ1) is 10.4. The van der Waals surface area contributed by atoms with Gasteiger partial charge < -0.3 is 4.90 Å². The van der Waals surface area contributed by atoms with Gasteiger partial charge in [-0.1, -0.05) is 0 Å². The average molecular weight is 282 g/mol. The fraction of sp³-hybridized carbons (Fsp3) is 0.308. The molecule has 4 rings (SSSR count). The molecule has 8 heteroatoms. The van der Waals surface area contributed by atoms with E-state index in [0.717, 1.165) is 36.8 Å². The first kappa shape index (κ1) is 12.0. The van der Waals surface area contributed by atoms with Crippen LogP contribution in [-0.2, 0) is 0 Å². The largest absolute Gasteiger partial charge is 0.346 e. The minimum atomic E-state index is 0.193. The SMILES string of the molecule is c1cn(-c2cc(N3CCC[C@H]3c3ncn[nH]3)ncn2)cn1. The maximum absolute atomic E-state index is 4.41. The first-order valence-electron chi connectivity index (χ1n) is 6.84. The van der Waals surface area contributed by atoms with Gasteiger partial charge in [-0.3, -0.25) is 9.67 Å². The standard InChI is InChI=1S/C13H14N8/c1-2-10(13-17-8-18-19-13)21(4-1)12-6-11(15-7-16-12)20-5-3-14-9-20/h3,5-10H,1-2,4H2,(H,17,18,19)/t10-/m0/s1. The van der Waals surface area contributed by atoms with Crippen LogP contribution in [0.5, 0.6) is 0 Å². The van der Waals surface area contributed by atoms with Crippen molar-refractivity contribution in [2.75, 3.05) is 11.4 Å². The molecule has 0 aliphatic carbocycles. The molecule has 1 fully saturated rings. The molecule has 1 saturated heterocycles. The van der Waals surface area contributed by atoms with E-state index in [1.165, 1.54) is 0 Å². The van der Waals surface area contributed by atoms with E-state index < -0.39 is 0 Å². The van der Waals surface area contributed by atoms with Crippen molar-refractivity contribution < 1.29 is 0 Å². The summed E-state index contributed by atoms with van der Waals surface area (Å²) in [6.45, 7) is 0.950. The highest BCUT2D eigenvalue weighted by molar-refractivity contribution is 5.46. The molecule has 1 aliphatic heterocycles. The van der Waals surface area contributed by atoms with Crippen LogP contribution in [0.1, 0.15) is 24.7 Å². The van der Waals surface area contributed by atoms with E-state index in [9.17, 15) is 0 Å². The Kier molecular flexibility index (Phi) is 2.84. The van der Waals surface area contributed by atoms with Gasteiger partial charge in [-0.2, -0.15) is 5.10 Å². The summed E-state index contributed by atoms with van der Waals surface area (Å²) in [5, 5.41) is 6.90. The van der Waals surface area contributed by atoms with Gasteiger partial charge in [0.2, 0.25) is 0 Å². The maximum Gasteiger partial charge on any atom is 0.147 e. The molecular formula is C13H14N8. The van der Waals surface area contributed by atoms with E-state index in [1.807, 2.05) is 16.8 Å². The molecule has 3 aromatic rings. The van der Waals surface area contributed by atoms with Crippen molar-refractivity contribution in [3.63, 3.8) is 0 Å². The molecule has 1 aliphatic rings. The number of hydrogen-bond donors (Lipinski definition) is 1. The van der Waals surface area contributed by atoms with Crippen molar-refractivity contribution in [1.29, 1.82) is 0 Å². The molecule has 0 aromatic carbocycles. The van der Waals surface area contributed by atoms with Crippen LogP contribution < -0.4 is 4.90 Å². The molecule has 1 N–H and O–H groups in total. The summed E-state index contributed by atoms with van der Waals surface area (Å²) in [7, 11) is 0. The highest BCUT2D eigenvalue weighted by atomic mass is 15.3. The molecule has 0 saturated carbocycles. The zero-order chi connectivity index (χ0) is 14.1. The second-order valence-electron chi connectivity index (χ2n) is 4.93. The van der Waals surface area contributed by atoms with Gasteiger partial charge in [0.05, 0.1) is 6.04 Å². The Bertz CT molecular complexity index is 706. The van der Waals surface area contributed by atoms with E-state index >= 15 is 0 Å². The predicted octanol–water partition coefficient (Wildman–Crippen LogP) is 1.12. The smallest absolute Gasteiger partial charge is 0.147 e. The zero-order valence-corrected chi connectivity index (χ0v) is 11.3.